The van der Waals surface area contributed by atoms with Gasteiger partial charge in [-0.2, -0.15) is 0 Å². The van der Waals surface area contributed by atoms with E-state index in [1.54, 1.807) is 36.4 Å². The van der Waals surface area contributed by atoms with Gasteiger partial charge in [0.1, 0.15) is 5.75 Å². The summed E-state index contributed by atoms with van der Waals surface area (Å²) >= 11 is 0. The molecule has 1 amide bonds. The Labute approximate surface area is 201 Å². The fraction of sp³-hybridized carbons (Fsp3) is 0.269. The monoisotopic (exact) mass is 482 g/mol. The van der Waals surface area contributed by atoms with Crippen molar-refractivity contribution in [2.75, 3.05) is 30.3 Å². The SMILES string of the molecule is CS(=O)(=O)N(CCCC(=O)NCCOCc1ccccc1)c1ccccc1Oc1ccccc1. The lowest BCUT2D eigenvalue weighted by atomic mass is 10.2. The van der Waals surface area contributed by atoms with Gasteiger partial charge in [0.05, 0.1) is 25.2 Å². The van der Waals surface area contributed by atoms with Gasteiger partial charge < -0.3 is 14.8 Å². The first-order chi connectivity index (χ1) is 16.4. The van der Waals surface area contributed by atoms with Crippen LogP contribution in [0.4, 0.5) is 5.69 Å². The van der Waals surface area contributed by atoms with Gasteiger partial charge in [-0.05, 0) is 36.2 Å². The van der Waals surface area contributed by atoms with Gasteiger partial charge in [-0.15, -0.1) is 0 Å². The molecule has 0 radical (unpaired) electrons. The van der Waals surface area contributed by atoms with E-state index in [0.29, 0.717) is 43.4 Å². The summed E-state index contributed by atoms with van der Waals surface area (Å²) in [6.45, 7) is 1.45. The van der Waals surface area contributed by atoms with E-state index in [4.69, 9.17) is 9.47 Å². The number of carbonyl (C=O) groups is 1. The molecule has 180 valence electrons. The van der Waals surface area contributed by atoms with Crippen LogP contribution >= 0.6 is 0 Å². The molecule has 3 rings (SSSR count). The Morgan fingerprint density at radius 3 is 2.26 bits per heavy atom. The summed E-state index contributed by atoms with van der Waals surface area (Å²) in [6, 6.07) is 25.9. The third kappa shape index (κ3) is 8.20. The lowest BCUT2D eigenvalue weighted by molar-refractivity contribution is -0.121. The minimum atomic E-state index is -3.58. The first kappa shape index (κ1) is 25.3. The zero-order valence-electron chi connectivity index (χ0n) is 19.2. The average Bonchev–Trinajstić information content (AvgIpc) is 2.83. The molecule has 0 aromatic heterocycles. The molecule has 0 atom stereocenters. The number of rotatable bonds is 13. The van der Waals surface area contributed by atoms with Gasteiger partial charge in [0.25, 0.3) is 0 Å². The molecule has 3 aromatic rings. The first-order valence-electron chi connectivity index (χ1n) is 11.1. The Bertz CT molecular complexity index is 1140. The van der Waals surface area contributed by atoms with Crippen LogP contribution in [0, 0.1) is 0 Å². The summed E-state index contributed by atoms with van der Waals surface area (Å²) in [5, 5.41) is 2.81. The first-order valence-corrected chi connectivity index (χ1v) is 13.0. The maximum atomic E-state index is 12.5. The second-order valence-electron chi connectivity index (χ2n) is 7.71. The van der Waals surface area contributed by atoms with Crippen LogP contribution in [0.3, 0.4) is 0 Å². The molecule has 0 spiro atoms. The molecule has 3 aromatic carbocycles. The Morgan fingerprint density at radius 1 is 0.912 bits per heavy atom. The number of hydrogen-bond acceptors (Lipinski definition) is 5. The quantitative estimate of drug-likeness (QED) is 0.366. The summed E-state index contributed by atoms with van der Waals surface area (Å²) < 4.78 is 37.8. The summed E-state index contributed by atoms with van der Waals surface area (Å²) in [5.41, 5.74) is 1.51. The molecular weight excluding hydrogens is 452 g/mol. The number of nitrogens with one attached hydrogen (secondary N) is 1. The average molecular weight is 483 g/mol. The number of ether oxygens (including phenoxy) is 2. The second-order valence-corrected chi connectivity index (χ2v) is 9.62. The molecule has 7 nitrogen and oxygen atoms in total. The minimum Gasteiger partial charge on any atom is -0.455 e. The molecule has 0 saturated heterocycles. The van der Waals surface area contributed by atoms with Crippen molar-refractivity contribution < 1.29 is 22.7 Å². The highest BCUT2D eigenvalue weighted by Crippen LogP contribution is 2.33. The number of sulfonamides is 1. The van der Waals surface area contributed by atoms with Crippen LogP contribution in [0.5, 0.6) is 11.5 Å². The normalized spacial score (nSPS) is 11.1. The van der Waals surface area contributed by atoms with Crippen LogP contribution in [0.1, 0.15) is 18.4 Å². The summed E-state index contributed by atoms with van der Waals surface area (Å²) in [4.78, 5) is 12.2. The third-order valence-corrected chi connectivity index (χ3v) is 6.13. The van der Waals surface area contributed by atoms with E-state index in [2.05, 4.69) is 5.32 Å². The molecule has 0 saturated carbocycles. The predicted molar refractivity (Wildman–Crippen MR) is 133 cm³/mol. The number of para-hydroxylation sites is 3. The van der Waals surface area contributed by atoms with Crippen LogP contribution < -0.4 is 14.4 Å². The largest absolute Gasteiger partial charge is 0.455 e. The second kappa shape index (κ2) is 12.8. The van der Waals surface area contributed by atoms with Crippen molar-refractivity contribution in [1.29, 1.82) is 0 Å². The van der Waals surface area contributed by atoms with Gasteiger partial charge in [0, 0.05) is 19.5 Å². The Kier molecular flexibility index (Phi) is 9.49. The van der Waals surface area contributed by atoms with Crippen molar-refractivity contribution >= 4 is 21.6 Å². The number of amides is 1. The van der Waals surface area contributed by atoms with Crippen molar-refractivity contribution in [3.05, 3.63) is 90.5 Å². The fourth-order valence-corrected chi connectivity index (χ4v) is 4.30. The van der Waals surface area contributed by atoms with E-state index in [1.165, 1.54) is 4.31 Å². The summed E-state index contributed by atoms with van der Waals surface area (Å²) in [6.07, 6.45) is 1.71. The smallest absolute Gasteiger partial charge is 0.232 e. The van der Waals surface area contributed by atoms with Crippen molar-refractivity contribution in [2.45, 2.75) is 19.4 Å². The number of benzene rings is 3. The molecule has 0 aliphatic heterocycles. The van der Waals surface area contributed by atoms with E-state index < -0.39 is 10.0 Å². The standard InChI is InChI=1S/C26H30N2O5S/c1-34(30,31)28(24-15-8-9-16-25(24)33-23-13-6-3-7-14-23)19-10-17-26(29)27-18-20-32-21-22-11-4-2-5-12-22/h2-9,11-16H,10,17-21H2,1H3,(H,27,29). The maximum Gasteiger partial charge on any atom is 0.232 e. The van der Waals surface area contributed by atoms with Gasteiger partial charge in [-0.3, -0.25) is 9.10 Å². The molecule has 0 unspecified atom stereocenters. The van der Waals surface area contributed by atoms with Crippen molar-refractivity contribution in [2.24, 2.45) is 0 Å². The van der Waals surface area contributed by atoms with Crippen LogP contribution in [-0.2, 0) is 26.2 Å². The van der Waals surface area contributed by atoms with E-state index in [0.717, 1.165) is 11.8 Å². The third-order valence-electron chi connectivity index (χ3n) is 4.95. The maximum absolute atomic E-state index is 12.5. The van der Waals surface area contributed by atoms with Crippen LogP contribution in [-0.4, -0.2) is 40.3 Å². The van der Waals surface area contributed by atoms with Crippen molar-refractivity contribution in [3.63, 3.8) is 0 Å². The summed E-state index contributed by atoms with van der Waals surface area (Å²) in [5.74, 6) is 0.891. The predicted octanol–water partition coefficient (Wildman–Crippen LogP) is 4.36. The lowest BCUT2D eigenvalue weighted by Crippen LogP contribution is -2.33. The molecular formula is C26H30N2O5S. The van der Waals surface area contributed by atoms with E-state index in [1.807, 2.05) is 48.5 Å². The molecule has 0 aliphatic rings. The highest BCUT2D eigenvalue weighted by Gasteiger charge is 2.21. The number of nitrogens with zero attached hydrogens (tertiary/aromatic N) is 1. The highest BCUT2D eigenvalue weighted by atomic mass is 32.2. The molecule has 1 N–H and O–H groups in total. The van der Waals surface area contributed by atoms with Gasteiger partial charge in [-0.25, -0.2) is 8.42 Å². The van der Waals surface area contributed by atoms with Gasteiger partial charge in [0.2, 0.25) is 15.9 Å². The van der Waals surface area contributed by atoms with Crippen LogP contribution in [0.25, 0.3) is 0 Å². The Balaban J connectivity index is 1.49. The van der Waals surface area contributed by atoms with Gasteiger partial charge in [-0.1, -0.05) is 60.7 Å². The number of hydrogen-bond donors (Lipinski definition) is 1. The molecule has 0 aliphatic carbocycles. The lowest BCUT2D eigenvalue weighted by Gasteiger charge is -2.24. The summed E-state index contributed by atoms with van der Waals surface area (Å²) in [7, 11) is -3.58. The topological polar surface area (TPSA) is 84.9 Å². The van der Waals surface area contributed by atoms with E-state index >= 15 is 0 Å². The molecule has 0 bridgehead atoms. The Morgan fingerprint density at radius 2 is 1.56 bits per heavy atom. The minimum absolute atomic E-state index is 0.148. The molecule has 8 heteroatoms. The van der Waals surface area contributed by atoms with E-state index in [9.17, 15) is 13.2 Å². The highest BCUT2D eigenvalue weighted by molar-refractivity contribution is 7.92. The number of anilines is 1. The van der Waals surface area contributed by atoms with Gasteiger partial charge >= 0.3 is 0 Å². The van der Waals surface area contributed by atoms with Crippen molar-refractivity contribution in [1.82, 2.24) is 5.32 Å². The fourth-order valence-electron chi connectivity index (χ4n) is 3.33. The molecule has 0 heterocycles. The van der Waals surface area contributed by atoms with Crippen molar-refractivity contribution in [3.8, 4) is 11.5 Å². The van der Waals surface area contributed by atoms with E-state index in [-0.39, 0.29) is 18.9 Å². The Hall–Kier alpha value is -3.36. The number of carbonyl (C=O) groups excluding carboxylic acids is 1. The van der Waals surface area contributed by atoms with Gasteiger partial charge in [0.15, 0.2) is 5.75 Å². The molecule has 0 fully saturated rings. The van der Waals surface area contributed by atoms with Crippen LogP contribution in [0.15, 0.2) is 84.9 Å². The zero-order chi connectivity index (χ0) is 24.2. The van der Waals surface area contributed by atoms with Crippen LogP contribution in [0.2, 0.25) is 0 Å². The zero-order valence-corrected chi connectivity index (χ0v) is 20.0. The molecule has 34 heavy (non-hydrogen) atoms.